The Morgan fingerprint density at radius 1 is 1.26 bits per heavy atom. The maximum Gasteiger partial charge on any atom is 0.416 e. The van der Waals surface area contributed by atoms with E-state index in [-0.39, 0.29) is 11.0 Å². The molecule has 0 aliphatic heterocycles. The van der Waals surface area contributed by atoms with Gasteiger partial charge in [0.1, 0.15) is 11.0 Å². The third-order valence-electron chi connectivity index (χ3n) is 2.75. The van der Waals surface area contributed by atoms with Crippen LogP contribution < -0.4 is 5.32 Å². The molecule has 0 saturated carbocycles. The number of hydrogen-bond acceptors (Lipinski definition) is 3. The number of pyridine rings is 1. The number of alkyl halides is 3. The monoisotopic (exact) mass is 295 g/mol. The van der Waals surface area contributed by atoms with Crippen molar-refractivity contribution in [3.63, 3.8) is 0 Å². The fourth-order valence-electron chi connectivity index (χ4n) is 1.63. The van der Waals surface area contributed by atoms with Gasteiger partial charge in [0.25, 0.3) is 0 Å². The van der Waals surface area contributed by atoms with E-state index >= 15 is 0 Å². The number of nitrogens with zero attached hydrogens (tertiary/aromatic N) is 2. The molecular weight excluding hydrogens is 279 g/mol. The van der Waals surface area contributed by atoms with Crippen molar-refractivity contribution in [3.8, 4) is 0 Å². The highest BCUT2D eigenvalue weighted by Crippen LogP contribution is 2.31. The molecule has 0 unspecified atom stereocenters. The second-order valence-corrected chi connectivity index (χ2v) is 4.40. The molecule has 1 aromatic rings. The number of nitrogens with one attached hydrogen (secondary N) is 1. The molecule has 0 bridgehead atoms. The zero-order valence-electron chi connectivity index (χ0n) is 10.9. The average Bonchev–Trinajstić information content (AvgIpc) is 2.33. The van der Waals surface area contributed by atoms with Crippen molar-refractivity contribution >= 4 is 17.4 Å². The lowest BCUT2D eigenvalue weighted by Crippen LogP contribution is -2.28. The fraction of sp³-hybridized carbons (Fsp3) is 0.583. The SMILES string of the molecule is CCN(CC)CCNc1cc(C(F)(F)F)cc(Cl)n1. The second-order valence-electron chi connectivity index (χ2n) is 4.02. The van der Waals surface area contributed by atoms with Crippen molar-refractivity contribution in [1.82, 2.24) is 9.88 Å². The van der Waals surface area contributed by atoms with Gasteiger partial charge in [0.2, 0.25) is 0 Å². The molecule has 0 spiro atoms. The maximum atomic E-state index is 12.6. The van der Waals surface area contributed by atoms with E-state index in [9.17, 15) is 13.2 Å². The van der Waals surface area contributed by atoms with Crippen LogP contribution in [0.15, 0.2) is 12.1 Å². The molecule has 1 N–H and O–H groups in total. The lowest BCUT2D eigenvalue weighted by atomic mass is 10.2. The summed E-state index contributed by atoms with van der Waals surface area (Å²) in [5.74, 6) is 0.145. The summed E-state index contributed by atoms with van der Waals surface area (Å²) in [6.45, 7) is 7.12. The topological polar surface area (TPSA) is 28.2 Å². The van der Waals surface area contributed by atoms with Gasteiger partial charge in [0.05, 0.1) is 5.56 Å². The van der Waals surface area contributed by atoms with E-state index in [1.165, 1.54) is 0 Å². The van der Waals surface area contributed by atoms with Gasteiger partial charge in [0, 0.05) is 13.1 Å². The van der Waals surface area contributed by atoms with Crippen LogP contribution in [-0.2, 0) is 6.18 Å². The van der Waals surface area contributed by atoms with Crippen LogP contribution in [0, 0.1) is 0 Å². The van der Waals surface area contributed by atoms with Crippen molar-refractivity contribution in [2.24, 2.45) is 0 Å². The van der Waals surface area contributed by atoms with Crippen LogP contribution in [0.5, 0.6) is 0 Å². The molecule has 19 heavy (non-hydrogen) atoms. The van der Waals surface area contributed by atoms with E-state index < -0.39 is 11.7 Å². The highest BCUT2D eigenvalue weighted by atomic mass is 35.5. The molecule has 0 aromatic carbocycles. The van der Waals surface area contributed by atoms with Crippen molar-refractivity contribution in [2.75, 3.05) is 31.5 Å². The van der Waals surface area contributed by atoms with E-state index in [2.05, 4.69) is 15.2 Å². The van der Waals surface area contributed by atoms with Crippen LogP contribution in [-0.4, -0.2) is 36.1 Å². The van der Waals surface area contributed by atoms with Crippen molar-refractivity contribution in [2.45, 2.75) is 20.0 Å². The molecule has 0 aliphatic carbocycles. The van der Waals surface area contributed by atoms with E-state index in [1.807, 2.05) is 13.8 Å². The highest BCUT2D eigenvalue weighted by Gasteiger charge is 2.31. The minimum atomic E-state index is -4.41. The van der Waals surface area contributed by atoms with Gasteiger partial charge in [-0.15, -0.1) is 0 Å². The Bertz CT molecular complexity index is 406. The summed E-state index contributed by atoms with van der Waals surface area (Å²) in [5, 5.41) is 2.69. The zero-order chi connectivity index (χ0) is 14.5. The molecule has 0 radical (unpaired) electrons. The first-order chi connectivity index (χ1) is 8.86. The number of halogens is 4. The Balaban J connectivity index is 2.66. The largest absolute Gasteiger partial charge is 0.416 e. The summed E-state index contributed by atoms with van der Waals surface area (Å²) in [4.78, 5) is 5.99. The van der Waals surface area contributed by atoms with E-state index in [1.54, 1.807) is 0 Å². The number of aromatic nitrogens is 1. The Morgan fingerprint density at radius 3 is 2.42 bits per heavy atom. The standard InChI is InChI=1S/C12H17ClF3N3/c1-3-19(4-2)6-5-17-11-8-9(12(14,15)16)7-10(13)18-11/h7-8H,3-6H2,1-2H3,(H,17,18). The molecule has 0 saturated heterocycles. The summed E-state index contributed by atoms with van der Waals surface area (Å²) < 4.78 is 37.8. The molecule has 1 aromatic heterocycles. The van der Waals surface area contributed by atoms with Crippen LogP contribution in [0.2, 0.25) is 5.15 Å². The van der Waals surface area contributed by atoms with E-state index in [4.69, 9.17) is 11.6 Å². The molecular formula is C12H17ClF3N3. The van der Waals surface area contributed by atoms with Crippen LogP contribution in [0.25, 0.3) is 0 Å². The van der Waals surface area contributed by atoms with Crippen molar-refractivity contribution in [3.05, 3.63) is 22.8 Å². The predicted octanol–water partition coefficient (Wildman–Crippen LogP) is 3.51. The average molecular weight is 296 g/mol. The number of hydrogen-bond donors (Lipinski definition) is 1. The summed E-state index contributed by atoms with van der Waals surface area (Å²) in [5.41, 5.74) is -0.794. The Hall–Kier alpha value is -1.01. The van der Waals surface area contributed by atoms with E-state index in [0.717, 1.165) is 31.8 Å². The Kier molecular flexibility index (Phi) is 5.87. The lowest BCUT2D eigenvalue weighted by molar-refractivity contribution is -0.137. The summed E-state index contributed by atoms with van der Waals surface area (Å²) in [7, 11) is 0. The smallest absolute Gasteiger partial charge is 0.369 e. The normalized spacial score (nSPS) is 11.9. The van der Waals surface area contributed by atoms with E-state index in [0.29, 0.717) is 6.54 Å². The molecule has 0 aliphatic rings. The predicted molar refractivity (Wildman–Crippen MR) is 70.5 cm³/mol. The molecule has 108 valence electrons. The quantitative estimate of drug-likeness (QED) is 0.814. The molecule has 3 nitrogen and oxygen atoms in total. The number of likely N-dealkylation sites (N-methyl/N-ethyl adjacent to an activating group) is 1. The van der Waals surface area contributed by atoms with Gasteiger partial charge in [-0.05, 0) is 25.2 Å². The maximum absolute atomic E-state index is 12.6. The molecule has 1 heterocycles. The van der Waals surface area contributed by atoms with Gasteiger partial charge in [-0.1, -0.05) is 25.4 Å². The summed E-state index contributed by atoms with van der Waals surface area (Å²) in [6.07, 6.45) is -4.41. The highest BCUT2D eigenvalue weighted by molar-refractivity contribution is 6.29. The van der Waals surface area contributed by atoms with Gasteiger partial charge in [-0.2, -0.15) is 13.2 Å². The minimum absolute atomic E-state index is 0.145. The Morgan fingerprint density at radius 2 is 1.89 bits per heavy atom. The van der Waals surface area contributed by atoms with Crippen LogP contribution in [0.1, 0.15) is 19.4 Å². The van der Waals surface area contributed by atoms with Crippen molar-refractivity contribution < 1.29 is 13.2 Å². The van der Waals surface area contributed by atoms with Gasteiger partial charge in [-0.3, -0.25) is 0 Å². The van der Waals surface area contributed by atoms with Gasteiger partial charge < -0.3 is 10.2 Å². The number of anilines is 1. The van der Waals surface area contributed by atoms with Gasteiger partial charge in [0.15, 0.2) is 0 Å². The van der Waals surface area contributed by atoms with Gasteiger partial charge in [-0.25, -0.2) is 4.98 Å². The molecule has 0 fully saturated rings. The number of rotatable bonds is 6. The molecule has 1 rings (SSSR count). The lowest BCUT2D eigenvalue weighted by Gasteiger charge is -2.18. The fourth-order valence-corrected chi connectivity index (χ4v) is 1.84. The first-order valence-electron chi connectivity index (χ1n) is 6.07. The molecule has 0 amide bonds. The van der Waals surface area contributed by atoms with Crippen LogP contribution in [0.4, 0.5) is 19.0 Å². The third kappa shape index (κ3) is 5.24. The zero-order valence-corrected chi connectivity index (χ0v) is 11.6. The summed E-state index contributed by atoms with van der Waals surface area (Å²) in [6, 6.07) is 1.78. The summed E-state index contributed by atoms with van der Waals surface area (Å²) >= 11 is 5.59. The van der Waals surface area contributed by atoms with Crippen molar-refractivity contribution in [1.29, 1.82) is 0 Å². The van der Waals surface area contributed by atoms with Crippen LogP contribution in [0.3, 0.4) is 0 Å². The molecule has 0 atom stereocenters. The first-order valence-corrected chi connectivity index (χ1v) is 6.45. The third-order valence-corrected chi connectivity index (χ3v) is 2.94. The molecule has 7 heteroatoms. The second kappa shape index (κ2) is 6.96. The Labute approximate surface area is 115 Å². The minimum Gasteiger partial charge on any atom is -0.369 e. The first kappa shape index (κ1) is 16.0. The van der Waals surface area contributed by atoms with Gasteiger partial charge >= 0.3 is 6.18 Å². The van der Waals surface area contributed by atoms with Crippen LogP contribution >= 0.6 is 11.6 Å².